The number of rotatable bonds is 7. The van der Waals surface area contributed by atoms with Crippen LogP contribution in [0.2, 0.25) is 0 Å². The molecule has 0 atom stereocenters. The molecule has 3 rings (SSSR count). The molecule has 0 spiro atoms. The van der Waals surface area contributed by atoms with Gasteiger partial charge >= 0.3 is 0 Å². The van der Waals surface area contributed by atoms with Crippen molar-refractivity contribution in [3.63, 3.8) is 0 Å². The molecule has 32 heavy (non-hydrogen) atoms. The van der Waals surface area contributed by atoms with E-state index in [0.717, 1.165) is 36.3 Å². The van der Waals surface area contributed by atoms with Gasteiger partial charge in [0.1, 0.15) is 0 Å². The van der Waals surface area contributed by atoms with Gasteiger partial charge in [-0.1, -0.05) is 42.8 Å². The van der Waals surface area contributed by atoms with E-state index in [1.165, 1.54) is 16.8 Å². The first-order chi connectivity index (χ1) is 15.4. The number of carbonyl (C=O) groups excluding carboxylic acids is 1. The molecule has 0 radical (unpaired) electrons. The molecule has 6 heteroatoms. The summed E-state index contributed by atoms with van der Waals surface area (Å²) in [4.78, 5) is 17.6. The zero-order chi connectivity index (χ0) is 23.1. The average Bonchev–Trinajstić information content (AvgIpc) is 3.07. The van der Waals surface area contributed by atoms with Gasteiger partial charge in [-0.25, -0.2) is 0 Å². The van der Waals surface area contributed by atoms with Gasteiger partial charge in [-0.15, -0.1) is 0 Å². The van der Waals surface area contributed by atoms with Crippen LogP contribution in [0.1, 0.15) is 52.3 Å². The Hall–Kier alpha value is -3.41. The van der Waals surface area contributed by atoms with E-state index in [4.69, 9.17) is 4.99 Å². The zero-order valence-corrected chi connectivity index (χ0v) is 19.7. The van der Waals surface area contributed by atoms with Crippen LogP contribution in [0.25, 0.3) is 0 Å². The molecule has 0 unspecified atom stereocenters. The fraction of sp³-hybridized carbons (Fsp3) is 0.346. The van der Waals surface area contributed by atoms with Crippen molar-refractivity contribution < 1.29 is 4.79 Å². The van der Waals surface area contributed by atoms with E-state index >= 15 is 0 Å². The number of nitrogens with one attached hydrogen (secondary N) is 2. The minimum atomic E-state index is -0.180. The number of benzene rings is 2. The summed E-state index contributed by atoms with van der Waals surface area (Å²) in [6.07, 6.45) is 1.65. The van der Waals surface area contributed by atoms with E-state index in [2.05, 4.69) is 42.6 Å². The predicted molar refractivity (Wildman–Crippen MR) is 131 cm³/mol. The second-order valence-corrected chi connectivity index (χ2v) is 7.90. The predicted octanol–water partition coefficient (Wildman–Crippen LogP) is 4.83. The molecule has 1 amide bonds. The highest BCUT2D eigenvalue weighted by atomic mass is 16.1. The number of hydrogen-bond donors (Lipinski definition) is 2. The molecular formula is C26H33N5O. The fourth-order valence-electron chi connectivity index (χ4n) is 3.84. The summed E-state index contributed by atoms with van der Waals surface area (Å²) in [5.41, 5.74) is 7.20. The Morgan fingerprint density at radius 3 is 2.53 bits per heavy atom. The number of guanidine groups is 1. The second-order valence-electron chi connectivity index (χ2n) is 7.90. The largest absolute Gasteiger partial charge is 0.326 e. The lowest BCUT2D eigenvalue weighted by Gasteiger charge is -2.15. The van der Waals surface area contributed by atoms with Gasteiger partial charge in [0.2, 0.25) is 5.96 Å². The summed E-state index contributed by atoms with van der Waals surface area (Å²) in [7, 11) is 0. The van der Waals surface area contributed by atoms with E-state index in [1.54, 1.807) is 0 Å². The van der Waals surface area contributed by atoms with Crippen molar-refractivity contribution in [2.75, 3.05) is 11.9 Å². The van der Waals surface area contributed by atoms with Crippen LogP contribution in [0.3, 0.4) is 0 Å². The number of aliphatic imine (C=N–C) groups is 1. The molecule has 0 aliphatic carbocycles. The molecule has 2 aromatic carbocycles. The van der Waals surface area contributed by atoms with Crippen molar-refractivity contribution in [1.29, 1.82) is 0 Å². The molecule has 3 aromatic rings. The number of anilines is 1. The number of para-hydroxylation sites is 1. The lowest BCUT2D eigenvalue weighted by molar-refractivity contribution is 0.0977. The van der Waals surface area contributed by atoms with Crippen molar-refractivity contribution in [2.45, 2.75) is 54.0 Å². The highest BCUT2D eigenvalue weighted by molar-refractivity contribution is 6.10. The molecule has 0 fully saturated rings. The minimum absolute atomic E-state index is 0.180. The Balaban J connectivity index is 1.82. The molecule has 1 aromatic heterocycles. The Labute approximate surface area is 190 Å². The third-order valence-electron chi connectivity index (χ3n) is 5.63. The Kier molecular flexibility index (Phi) is 7.82. The monoisotopic (exact) mass is 431 g/mol. The zero-order valence-electron chi connectivity index (χ0n) is 19.7. The van der Waals surface area contributed by atoms with Crippen molar-refractivity contribution in [2.24, 2.45) is 4.99 Å². The first-order valence-electron chi connectivity index (χ1n) is 11.2. The van der Waals surface area contributed by atoms with E-state index in [9.17, 15) is 4.79 Å². The number of aryl methyl sites for hydroxylation is 4. The van der Waals surface area contributed by atoms with Gasteiger partial charge < -0.3 is 5.32 Å². The fourth-order valence-corrected chi connectivity index (χ4v) is 3.84. The first kappa shape index (κ1) is 23.3. The average molecular weight is 432 g/mol. The SMILES string of the molecule is CCc1ccccc1NC(=NCCc1c(C)nn(CC)c1C)NC(=O)c1cccc(C)c1. The van der Waals surface area contributed by atoms with E-state index in [1.807, 2.05) is 61.0 Å². The van der Waals surface area contributed by atoms with E-state index in [0.29, 0.717) is 18.1 Å². The summed E-state index contributed by atoms with van der Waals surface area (Å²) in [5, 5.41) is 10.9. The third-order valence-corrected chi connectivity index (χ3v) is 5.63. The lowest BCUT2D eigenvalue weighted by Crippen LogP contribution is -2.36. The summed E-state index contributed by atoms with van der Waals surface area (Å²) in [6.45, 7) is 11.7. The Morgan fingerprint density at radius 1 is 1.06 bits per heavy atom. The van der Waals surface area contributed by atoms with E-state index < -0.39 is 0 Å². The number of hydrogen-bond acceptors (Lipinski definition) is 3. The Bertz CT molecular complexity index is 1110. The van der Waals surface area contributed by atoms with Gasteiger partial charge in [0.25, 0.3) is 5.91 Å². The normalized spacial score (nSPS) is 11.5. The number of aromatic nitrogens is 2. The summed E-state index contributed by atoms with van der Waals surface area (Å²) >= 11 is 0. The number of amides is 1. The smallest absolute Gasteiger partial charge is 0.257 e. The van der Waals surface area contributed by atoms with Crippen molar-refractivity contribution in [3.8, 4) is 0 Å². The van der Waals surface area contributed by atoms with Crippen LogP contribution in [-0.4, -0.2) is 28.2 Å². The molecule has 0 bridgehead atoms. The quantitative estimate of drug-likeness (QED) is 0.416. The maximum Gasteiger partial charge on any atom is 0.257 e. The maximum atomic E-state index is 12.9. The van der Waals surface area contributed by atoms with E-state index in [-0.39, 0.29) is 5.91 Å². The third kappa shape index (κ3) is 5.63. The second kappa shape index (κ2) is 10.8. The molecule has 6 nitrogen and oxygen atoms in total. The standard InChI is InChI=1S/C26H33N5O/c1-6-21-12-8-9-14-24(21)28-26(29-25(32)22-13-10-11-18(3)17-22)27-16-15-23-19(4)30-31(7-2)20(23)5/h8-14,17H,6-7,15-16H2,1-5H3,(H2,27,28,29,32). The minimum Gasteiger partial charge on any atom is -0.326 e. The van der Waals surface area contributed by atoms with Crippen LogP contribution >= 0.6 is 0 Å². The molecule has 1 heterocycles. The summed E-state index contributed by atoms with van der Waals surface area (Å²) in [5.74, 6) is 0.274. The van der Waals surface area contributed by atoms with Crippen LogP contribution in [-0.2, 0) is 19.4 Å². The highest BCUT2D eigenvalue weighted by Crippen LogP contribution is 2.16. The van der Waals surface area contributed by atoms with Crippen molar-refractivity contribution in [1.82, 2.24) is 15.1 Å². The molecule has 0 aliphatic rings. The van der Waals surface area contributed by atoms with Gasteiger partial charge in [-0.05, 0) is 69.9 Å². The van der Waals surface area contributed by atoms with Crippen molar-refractivity contribution in [3.05, 3.63) is 82.2 Å². The summed E-state index contributed by atoms with van der Waals surface area (Å²) < 4.78 is 2.02. The molecule has 0 aliphatic heterocycles. The lowest BCUT2D eigenvalue weighted by atomic mass is 10.1. The van der Waals surface area contributed by atoms with Crippen LogP contribution in [0.4, 0.5) is 5.69 Å². The van der Waals surface area contributed by atoms with Gasteiger partial charge in [-0.2, -0.15) is 5.10 Å². The van der Waals surface area contributed by atoms with Crippen LogP contribution < -0.4 is 10.6 Å². The topological polar surface area (TPSA) is 71.3 Å². The number of carbonyl (C=O) groups is 1. The van der Waals surface area contributed by atoms with Gasteiger partial charge in [0.15, 0.2) is 0 Å². The molecule has 2 N–H and O–H groups in total. The molecule has 0 saturated carbocycles. The molecule has 168 valence electrons. The Morgan fingerprint density at radius 2 is 1.84 bits per heavy atom. The molecular weight excluding hydrogens is 398 g/mol. The van der Waals surface area contributed by atoms with Crippen LogP contribution in [0.5, 0.6) is 0 Å². The van der Waals surface area contributed by atoms with Crippen molar-refractivity contribution >= 4 is 17.6 Å². The summed E-state index contributed by atoms with van der Waals surface area (Å²) in [6, 6.07) is 15.6. The molecule has 0 saturated heterocycles. The van der Waals surface area contributed by atoms with Crippen LogP contribution in [0.15, 0.2) is 53.5 Å². The van der Waals surface area contributed by atoms with Gasteiger partial charge in [-0.3, -0.25) is 19.8 Å². The maximum absolute atomic E-state index is 12.9. The number of nitrogens with zero attached hydrogens (tertiary/aromatic N) is 3. The van der Waals surface area contributed by atoms with Gasteiger partial charge in [0.05, 0.1) is 5.69 Å². The van der Waals surface area contributed by atoms with Crippen LogP contribution in [0, 0.1) is 20.8 Å². The highest BCUT2D eigenvalue weighted by Gasteiger charge is 2.13. The van der Waals surface area contributed by atoms with Gasteiger partial charge in [0, 0.05) is 30.0 Å². The first-order valence-corrected chi connectivity index (χ1v) is 11.2.